The number of aromatic nitrogens is 3. The second-order valence-corrected chi connectivity index (χ2v) is 8.27. The van der Waals surface area contributed by atoms with Gasteiger partial charge in [0.2, 0.25) is 0 Å². The summed E-state index contributed by atoms with van der Waals surface area (Å²) >= 11 is 0.705. The molecule has 0 aliphatic heterocycles. The van der Waals surface area contributed by atoms with Gasteiger partial charge in [0.1, 0.15) is 29.3 Å². The van der Waals surface area contributed by atoms with Crippen molar-refractivity contribution in [2.45, 2.75) is 43.5 Å². The normalized spacial score (nSPS) is 13.4. The third kappa shape index (κ3) is 5.28. The third-order valence-corrected chi connectivity index (χ3v) is 4.59. The van der Waals surface area contributed by atoms with E-state index in [-0.39, 0.29) is 11.2 Å². The Hall–Kier alpha value is -2.66. The van der Waals surface area contributed by atoms with Gasteiger partial charge in [-0.2, -0.15) is 13.2 Å². The number of alkyl halides is 3. The van der Waals surface area contributed by atoms with Crippen molar-refractivity contribution in [2.75, 3.05) is 0 Å². The van der Waals surface area contributed by atoms with Gasteiger partial charge < -0.3 is 4.74 Å². The number of fused-ring (bicyclic) bond motifs is 1. The highest BCUT2D eigenvalue weighted by molar-refractivity contribution is 7.97. The van der Waals surface area contributed by atoms with Gasteiger partial charge in [0.25, 0.3) is 0 Å². The van der Waals surface area contributed by atoms with E-state index in [2.05, 4.69) is 14.7 Å². The zero-order chi connectivity index (χ0) is 22.1. The van der Waals surface area contributed by atoms with Gasteiger partial charge in [-0.05, 0) is 56.5 Å². The number of pyridine rings is 1. The Balaban J connectivity index is 1.78. The molecule has 2 heterocycles. The summed E-state index contributed by atoms with van der Waals surface area (Å²) in [6, 6.07) is 3.57. The number of nitrogens with zero attached hydrogens (tertiary/aromatic N) is 3. The number of carbonyl (C=O) groups excluding carboxylic acids is 1. The van der Waals surface area contributed by atoms with Crippen LogP contribution in [-0.4, -0.2) is 32.4 Å². The number of benzene rings is 1. The van der Waals surface area contributed by atoms with Crippen LogP contribution in [0.5, 0.6) is 0 Å². The largest absolute Gasteiger partial charge is 0.443 e. The first-order chi connectivity index (χ1) is 13.9. The van der Waals surface area contributed by atoms with Crippen LogP contribution in [-0.2, 0) is 4.74 Å². The molecule has 0 saturated carbocycles. The molecule has 0 spiro atoms. The van der Waals surface area contributed by atoms with Gasteiger partial charge in [0.15, 0.2) is 5.65 Å². The van der Waals surface area contributed by atoms with Crippen molar-refractivity contribution in [3.8, 4) is 0 Å². The third-order valence-electron chi connectivity index (χ3n) is 3.78. The number of halogens is 4. The summed E-state index contributed by atoms with van der Waals surface area (Å²) < 4.78 is 62.1. The Morgan fingerprint density at radius 1 is 1.17 bits per heavy atom. The maximum atomic E-state index is 13.4. The molecule has 0 aliphatic carbocycles. The molecule has 0 bridgehead atoms. The summed E-state index contributed by atoms with van der Waals surface area (Å²) in [5.41, 5.74) is -0.294. The minimum atomic E-state index is -4.60. The van der Waals surface area contributed by atoms with E-state index < -0.39 is 29.7 Å². The first-order valence-corrected chi connectivity index (χ1v) is 9.57. The molecule has 1 aromatic carbocycles. The summed E-state index contributed by atoms with van der Waals surface area (Å²) in [5.74, 6) is -0.623. The Morgan fingerprint density at radius 2 is 1.83 bits per heavy atom. The van der Waals surface area contributed by atoms with E-state index in [0.717, 1.165) is 28.8 Å². The highest BCUT2D eigenvalue weighted by Gasteiger charge is 2.41. The van der Waals surface area contributed by atoms with Crippen LogP contribution in [0.25, 0.3) is 11.2 Å². The number of hydrogen-bond donors (Lipinski definition) is 1. The molecule has 3 rings (SSSR count). The van der Waals surface area contributed by atoms with Crippen LogP contribution in [0, 0.1) is 5.82 Å². The monoisotopic (exact) mass is 442 g/mol. The van der Waals surface area contributed by atoms with Crippen molar-refractivity contribution < 1.29 is 27.1 Å². The molecule has 6 nitrogen and oxygen atoms in total. The molecule has 1 unspecified atom stereocenters. The molecule has 3 aromatic rings. The molecule has 1 N–H and O–H groups in total. The number of nitrogens with one attached hydrogen (secondary N) is 1. The quantitative estimate of drug-likeness (QED) is 0.440. The zero-order valence-corrected chi connectivity index (χ0v) is 17.0. The lowest BCUT2D eigenvalue weighted by Gasteiger charge is -2.21. The summed E-state index contributed by atoms with van der Waals surface area (Å²) in [7, 11) is 0. The fourth-order valence-electron chi connectivity index (χ4n) is 2.49. The molecule has 11 heteroatoms. The number of hydrogen-bond acceptors (Lipinski definition) is 6. The van der Waals surface area contributed by atoms with E-state index in [0.29, 0.717) is 22.4 Å². The SMILES string of the molecule is CC(C)(C)OC(=O)n1cnc2cc(SNC(c3ccc(F)cc3)C(F)(F)F)cnc21. The summed E-state index contributed by atoms with van der Waals surface area (Å²) in [5, 5.41) is 0. The van der Waals surface area contributed by atoms with Crippen LogP contribution in [0.1, 0.15) is 32.4 Å². The molecule has 30 heavy (non-hydrogen) atoms. The van der Waals surface area contributed by atoms with Gasteiger partial charge in [0, 0.05) is 11.1 Å². The van der Waals surface area contributed by atoms with E-state index in [1.54, 1.807) is 20.8 Å². The van der Waals surface area contributed by atoms with Crippen LogP contribution >= 0.6 is 11.9 Å². The molecule has 0 saturated heterocycles. The van der Waals surface area contributed by atoms with E-state index >= 15 is 0 Å². The molecule has 0 radical (unpaired) electrons. The minimum Gasteiger partial charge on any atom is -0.443 e. The van der Waals surface area contributed by atoms with Crippen LogP contribution in [0.15, 0.2) is 47.8 Å². The Bertz CT molecular complexity index is 1050. The van der Waals surface area contributed by atoms with Crippen molar-refractivity contribution >= 4 is 29.2 Å². The lowest BCUT2D eigenvalue weighted by atomic mass is 10.1. The maximum Gasteiger partial charge on any atom is 0.421 e. The number of imidazole rings is 1. The summed E-state index contributed by atoms with van der Waals surface area (Å²) in [4.78, 5) is 20.8. The fourth-order valence-corrected chi connectivity index (χ4v) is 3.29. The van der Waals surface area contributed by atoms with Gasteiger partial charge in [-0.3, -0.25) is 0 Å². The van der Waals surface area contributed by atoms with Crippen molar-refractivity contribution in [1.82, 2.24) is 19.3 Å². The average molecular weight is 442 g/mol. The molecule has 2 aromatic heterocycles. The molecule has 0 aliphatic rings. The number of rotatable bonds is 4. The summed E-state index contributed by atoms with van der Waals surface area (Å²) in [6.07, 6.45) is -2.70. The van der Waals surface area contributed by atoms with Gasteiger partial charge in [0.05, 0.1) is 0 Å². The van der Waals surface area contributed by atoms with Crippen LogP contribution in [0.4, 0.5) is 22.4 Å². The minimum absolute atomic E-state index is 0.125. The second kappa shape index (κ2) is 8.23. The van der Waals surface area contributed by atoms with Gasteiger partial charge in [-0.15, -0.1) is 0 Å². The molecule has 1 atom stereocenters. The van der Waals surface area contributed by atoms with Gasteiger partial charge in [-0.1, -0.05) is 12.1 Å². The lowest BCUT2D eigenvalue weighted by Crippen LogP contribution is -2.30. The van der Waals surface area contributed by atoms with E-state index in [1.165, 1.54) is 18.6 Å². The van der Waals surface area contributed by atoms with E-state index in [4.69, 9.17) is 4.74 Å². The smallest absolute Gasteiger partial charge is 0.421 e. The van der Waals surface area contributed by atoms with E-state index in [1.807, 2.05) is 0 Å². The Kier molecular flexibility index (Phi) is 6.04. The van der Waals surface area contributed by atoms with Crippen LogP contribution in [0.2, 0.25) is 0 Å². The predicted molar refractivity (Wildman–Crippen MR) is 103 cm³/mol. The maximum absolute atomic E-state index is 13.4. The highest BCUT2D eigenvalue weighted by Crippen LogP contribution is 2.35. The van der Waals surface area contributed by atoms with Crippen molar-refractivity contribution in [1.29, 1.82) is 0 Å². The highest BCUT2D eigenvalue weighted by atomic mass is 32.2. The topological polar surface area (TPSA) is 69.0 Å². The lowest BCUT2D eigenvalue weighted by molar-refractivity contribution is -0.152. The number of carbonyl (C=O) groups is 1. The average Bonchev–Trinajstić information content (AvgIpc) is 3.04. The number of ether oxygens (including phenoxy) is 1. The van der Waals surface area contributed by atoms with Crippen molar-refractivity contribution in [2.24, 2.45) is 0 Å². The fraction of sp³-hybridized carbons (Fsp3) is 0.316. The molecule has 0 amide bonds. The Morgan fingerprint density at radius 3 is 2.43 bits per heavy atom. The molecular formula is C19H18F4N4O2S. The van der Waals surface area contributed by atoms with E-state index in [9.17, 15) is 22.4 Å². The van der Waals surface area contributed by atoms with Crippen LogP contribution in [0.3, 0.4) is 0 Å². The summed E-state index contributed by atoms with van der Waals surface area (Å²) in [6.45, 7) is 5.15. The van der Waals surface area contributed by atoms with Gasteiger partial charge >= 0.3 is 12.3 Å². The first kappa shape index (κ1) is 22.0. The predicted octanol–water partition coefficient (Wildman–Crippen LogP) is 5.25. The molecule has 0 fully saturated rings. The molecular weight excluding hydrogens is 424 g/mol. The van der Waals surface area contributed by atoms with Gasteiger partial charge in [-0.25, -0.2) is 28.4 Å². The Labute approximate surface area is 173 Å². The van der Waals surface area contributed by atoms with Crippen molar-refractivity contribution in [3.05, 3.63) is 54.2 Å². The zero-order valence-electron chi connectivity index (χ0n) is 16.2. The first-order valence-electron chi connectivity index (χ1n) is 8.75. The van der Waals surface area contributed by atoms with Crippen LogP contribution < -0.4 is 4.72 Å². The standard InChI is InChI=1S/C19H18F4N4O2S/c1-18(2,3)29-17(28)27-10-25-14-8-13(9-24-16(14)27)30-26-15(19(21,22)23)11-4-6-12(20)7-5-11/h4-10,15,26H,1-3H3. The van der Waals surface area contributed by atoms with Crippen molar-refractivity contribution in [3.63, 3.8) is 0 Å². The second-order valence-electron chi connectivity index (χ2n) is 7.35. The molecule has 160 valence electrons.